The lowest BCUT2D eigenvalue weighted by atomic mass is 9.62. The molecule has 248 valence electrons. The van der Waals surface area contributed by atoms with Crippen LogP contribution in [0.2, 0.25) is 0 Å². The fraction of sp³-hybridized carbons (Fsp3) is 0.0204. The van der Waals surface area contributed by atoms with Gasteiger partial charge in [0.25, 0.3) is 0 Å². The van der Waals surface area contributed by atoms with Gasteiger partial charge in [0.1, 0.15) is 23.0 Å². The number of fused-ring (bicyclic) bond motifs is 14. The zero-order valence-electron chi connectivity index (χ0n) is 28.5. The molecule has 8 aromatic carbocycles. The van der Waals surface area contributed by atoms with Crippen molar-refractivity contribution in [1.82, 2.24) is 9.13 Å². The topological polar surface area (TPSA) is 28.3 Å². The van der Waals surface area contributed by atoms with Crippen LogP contribution in [0.3, 0.4) is 0 Å². The molecule has 0 unspecified atom stereocenters. The highest BCUT2D eigenvalue weighted by molar-refractivity contribution is 6.10. The molecule has 0 saturated carbocycles. The third kappa shape index (κ3) is 3.74. The van der Waals surface area contributed by atoms with Crippen molar-refractivity contribution in [3.8, 4) is 34.4 Å². The molecule has 4 heterocycles. The summed E-state index contributed by atoms with van der Waals surface area (Å²) in [5, 5.41) is 4.93. The molecule has 0 amide bonds. The van der Waals surface area contributed by atoms with E-state index < -0.39 is 5.41 Å². The van der Waals surface area contributed by atoms with Crippen LogP contribution in [0, 0.1) is 0 Å². The Hall–Kier alpha value is -7.04. The average Bonchev–Trinajstić information content (AvgIpc) is 3.74. The van der Waals surface area contributed by atoms with Gasteiger partial charge in [-0.2, -0.15) is 0 Å². The van der Waals surface area contributed by atoms with E-state index in [2.05, 4.69) is 191 Å². The first-order chi connectivity index (χ1) is 26.3. The zero-order chi connectivity index (χ0) is 34.7. The van der Waals surface area contributed by atoms with Crippen molar-refractivity contribution in [3.63, 3.8) is 0 Å². The van der Waals surface area contributed by atoms with Crippen molar-refractivity contribution >= 4 is 43.6 Å². The highest BCUT2D eigenvalue weighted by Gasteiger charge is 2.50. The molecule has 4 heteroatoms. The average molecular weight is 679 g/mol. The summed E-state index contributed by atoms with van der Waals surface area (Å²) in [6, 6.07) is 65.1. The number of hydrogen-bond acceptors (Lipinski definition) is 2. The van der Waals surface area contributed by atoms with Crippen molar-refractivity contribution in [2.75, 3.05) is 0 Å². The van der Waals surface area contributed by atoms with Crippen LogP contribution in [0.25, 0.3) is 55.0 Å². The normalized spacial score (nSPS) is 13.7. The van der Waals surface area contributed by atoms with Crippen LogP contribution in [0.15, 0.2) is 182 Å². The van der Waals surface area contributed by atoms with Gasteiger partial charge in [-0.1, -0.05) is 115 Å². The Kier molecular flexibility index (Phi) is 5.67. The largest absolute Gasteiger partial charge is 0.457 e. The summed E-state index contributed by atoms with van der Waals surface area (Å²) in [5.74, 6) is 3.35. The SMILES string of the molecule is c1ccc2c(c1)Oc1ccccc1C21c2ccc(-n3c4ccccc4c4ccccc43)cc2Oc2ccc(-n3c4ccccc4c4ccccc43)cc21. The molecule has 2 aliphatic rings. The number of ether oxygens (including phenoxy) is 2. The highest BCUT2D eigenvalue weighted by atomic mass is 16.5. The summed E-state index contributed by atoms with van der Waals surface area (Å²) in [7, 11) is 0. The Morgan fingerprint density at radius 2 is 0.679 bits per heavy atom. The zero-order valence-corrected chi connectivity index (χ0v) is 28.5. The van der Waals surface area contributed by atoms with E-state index in [1.54, 1.807) is 0 Å². The molecule has 4 nitrogen and oxygen atoms in total. The van der Waals surface area contributed by atoms with E-state index in [0.717, 1.165) is 67.7 Å². The highest BCUT2D eigenvalue weighted by Crippen LogP contribution is 2.62. The Morgan fingerprint density at radius 1 is 0.302 bits per heavy atom. The Balaban J connectivity index is 1.17. The number of benzene rings is 8. The summed E-state index contributed by atoms with van der Waals surface area (Å²) in [5.41, 5.74) is 10.4. The number of aromatic nitrogens is 2. The summed E-state index contributed by atoms with van der Waals surface area (Å²) < 4.78 is 18.5. The van der Waals surface area contributed by atoms with E-state index in [-0.39, 0.29) is 0 Å². The van der Waals surface area contributed by atoms with Gasteiger partial charge in [0.05, 0.1) is 27.5 Å². The van der Waals surface area contributed by atoms with Gasteiger partial charge >= 0.3 is 0 Å². The number of nitrogens with zero attached hydrogens (tertiary/aromatic N) is 2. The van der Waals surface area contributed by atoms with Gasteiger partial charge in [0, 0.05) is 61.2 Å². The minimum atomic E-state index is -0.720. The van der Waals surface area contributed by atoms with Crippen molar-refractivity contribution in [1.29, 1.82) is 0 Å². The van der Waals surface area contributed by atoms with Gasteiger partial charge < -0.3 is 18.6 Å². The molecule has 0 radical (unpaired) electrons. The summed E-state index contributed by atoms with van der Waals surface area (Å²) >= 11 is 0. The Labute approximate surface area is 305 Å². The van der Waals surface area contributed by atoms with Crippen molar-refractivity contribution in [3.05, 3.63) is 204 Å². The molecule has 0 N–H and O–H groups in total. The number of para-hydroxylation sites is 6. The first kappa shape index (κ1) is 28.6. The molecule has 0 fully saturated rings. The van der Waals surface area contributed by atoms with Crippen molar-refractivity contribution in [2.24, 2.45) is 0 Å². The lowest BCUT2D eigenvalue weighted by molar-refractivity contribution is 0.399. The van der Waals surface area contributed by atoms with Gasteiger partial charge in [-0.05, 0) is 60.7 Å². The fourth-order valence-corrected chi connectivity index (χ4v) is 9.32. The van der Waals surface area contributed by atoms with E-state index in [4.69, 9.17) is 9.47 Å². The van der Waals surface area contributed by atoms with E-state index in [9.17, 15) is 0 Å². The number of rotatable bonds is 2. The van der Waals surface area contributed by atoms with E-state index in [1.165, 1.54) is 32.6 Å². The van der Waals surface area contributed by atoms with Crippen LogP contribution in [-0.4, -0.2) is 9.13 Å². The van der Waals surface area contributed by atoms with E-state index in [0.29, 0.717) is 0 Å². The lowest BCUT2D eigenvalue weighted by Crippen LogP contribution is -2.37. The first-order valence-corrected chi connectivity index (χ1v) is 18.1. The molecule has 2 aliphatic heterocycles. The Bertz CT molecular complexity index is 2990. The summed E-state index contributed by atoms with van der Waals surface area (Å²) in [4.78, 5) is 0. The van der Waals surface area contributed by atoms with Gasteiger partial charge in [-0.3, -0.25) is 0 Å². The molecule has 53 heavy (non-hydrogen) atoms. The van der Waals surface area contributed by atoms with Crippen LogP contribution in [0.1, 0.15) is 22.3 Å². The summed E-state index contributed by atoms with van der Waals surface area (Å²) in [6.07, 6.45) is 0. The molecule has 0 saturated heterocycles. The smallest absolute Gasteiger partial charge is 0.134 e. The monoisotopic (exact) mass is 678 g/mol. The maximum Gasteiger partial charge on any atom is 0.134 e. The van der Waals surface area contributed by atoms with Crippen molar-refractivity contribution < 1.29 is 9.47 Å². The Morgan fingerprint density at radius 3 is 1.21 bits per heavy atom. The molecule has 10 aromatic rings. The van der Waals surface area contributed by atoms with Crippen LogP contribution in [0.4, 0.5) is 0 Å². The van der Waals surface area contributed by atoms with Crippen LogP contribution in [-0.2, 0) is 5.41 Å². The van der Waals surface area contributed by atoms with Crippen LogP contribution >= 0.6 is 0 Å². The third-order valence-corrected chi connectivity index (χ3v) is 11.4. The lowest BCUT2D eigenvalue weighted by Gasteiger charge is -2.45. The predicted octanol–water partition coefficient (Wildman–Crippen LogP) is 12.5. The number of hydrogen-bond donors (Lipinski definition) is 0. The second-order valence-corrected chi connectivity index (χ2v) is 14.0. The third-order valence-electron chi connectivity index (χ3n) is 11.4. The van der Waals surface area contributed by atoms with E-state index in [1.807, 2.05) is 0 Å². The van der Waals surface area contributed by atoms with Gasteiger partial charge in [0.2, 0.25) is 0 Å². The van der Waals surface area contributed by atoms with Gasteiger partial charge in [-0.25, -0.2) is 0 Å². The second-order valence-electron chi connectivity index (χ2n) is 14.0. The molecular formula is C49H30N2O2. The minimum Gasteiger partial charge on any atom is -0.457 e. The molecule has 2 aromatic heterocycles. The van der Waals surface area contributed by atoms with Gasteiger partial charge in [-0.15, -0.1) is 0 Å². The van der Waals surface area contributed by atoms with Crippen molar-refractivity contribution in [2.45, 2.75) is 5.41 Å². The molecule has 12 rings (SSSR count). The molecule has 0 bridgehead atoms. The fourth-order valence-electron chi connectivity index (χ4n) is 9.32. The van der Waals surface area contributed by atoms with Crippen LogP contribution in [0.5, 0.6) is 23.0 Å². The molecular weight excluding hydrogens is 649 g/mol. The van der Waals surface area contributed by atoms with Crippen LogP contribution < -0.4 is 9.47 Å². The molecule has 0 aliphatic carbocycles. The second kappa shape index (κ2) is 10.5. The standard InChI is InChI=1S/C49H30N2O2/c1-7-19-41-33(13-1)34-14-2-8-20-42(34)50(41)31-26-28-47-40(29-31)49(37-17-5-11-23-45(37)52-46-24-12-6-18-38(46)49)39-27-25-32(30-48(39)53-47)51-43-21-9-3-15-35(43)36-16-4-10-22-44(36)51/h1-30H. The minimum absolute atomic E-state index is 0.720. The molecule has 0 atom stereocenters. The maximum absolute atomic E-state index is 7.08. The first-order valence-electron chi connectivity index (χ1n) is 18.1. The summed E-state index contributed by atoms with van der Waals surface area (Å²) in [6.45, 7) is 0. The quantitative estimate of drug-likeness (QED) is 0.182. The van der Waals surface area contributed by atoms with Gasteiger partial charge in [0.15, 0.2) is 0 Å². The maximum atomic E-state index is 7.08. The predicted molar refractivity (Wildman–Crippen MR) is 214 cm³/mol. The molecule has 1 spiro atoms. The van der Waals surface area contributed by atoms with E-state index >= 15 is 0 Å².